The molecular weight excluding hydrogens is 379 g/mol. The van der Waals surface area contributed by atoms with Gasteiger partial charge in [0, 0.05) is 18.5 Å². The molecule has 1 N–H and O–H groups in total. The molecule has 0 aliphatic heterocycles. The molecule has 0 bridgehead atoms. The van der Waals surface area contributed by atoms with Gasteiger partial charge in [-0.05, 0) is 46.1 Å². The fraction of sp³-hybridized carbons (Fsp3) is 0.235. The number of benzene rings is 1. The first-order valence-corrected chi connectivity index (χ1v) is 9.06. The van der Waals surface area contributed by atoms with Crippen LogP contribution in [0.15, 0.2) is 40.2 Å². The maximum absolute atomic E-state index is 12.9. The van der Waals surface area contributed by atoms with Crippen LogP contribution in [0.4, 0.5) is 4.39 Å². The minimum atomic E-state index is -0.276. The van der Waals surface area contributed by atoms with E-state index in [1.54, 1.807) is 23.5 Å². The lowest BCUT2D eigenvalue weighted by Gasteiger charge is -2.10. The van der Waals surface area contributed by atoms with Crippen molar-refractivity contribution in [1.82, 2.24) is 9.88 Å². The Hall–Kier alpha value is -1.66. The molecule has 6 heteroatoms. The highest BCUT2D eigenvalue weighted by atomic mass is 79.9. The van der Waals surface area contributed by atoms with E-state index in [-0.39, 0.29) is 11.7 Å². The van der Waals surface area contributed by atoms with Gasteiger partial charge in [0.25, 0.3) is 5.91 Å². The molecule has 0 spiro atoms. The van der Waals surface area contributed by atoms with Crippen LogP contribution in [-0.4, -0.2) is 10.5 Å². The summed E-state index contributed by atoms with van der Waals surface area (Å²) < 4.78 is 17.1. The maximum atomic E-state index is 12.9. The van der Waals surface area contributed by atoms with E-state index in [0.29, 0.717) is 12.2 Å². The molecule has 0 saturated heterocycles. The third-order valence-electron chi connectivity index (χ3n) is 3.62. The molecule has 3 nitrogen and oxygen atoms in total. The van der Waals surface area contributed by atoms with E-state index in [9.17, 15) is 9.18 Å². The van der Waals surface area contributed by atoms with E-state index in [1.807, 2.05) is 11.4 Å². The third-order valence-corrected chi connectivity index (χ3v) is 5.45. The first-order valence-electron chi connectivity index (χ1n) is 7.39. The van der Waals surface area contributed by atoms with Crippen molar-refractivity contribution in [2.24, 2.45) is 0 Å². The summed E-state index contributed by atoms with van der Waals surface area (Å²) in [5.41, 5.74) is 2.61. The number of hydrogen-bond donors (Lipinski definition) is 1. The number of aryl methyl sites for hydroxylation is 1. The monoisotopic (exact) mass is 394 g/mol. The van der Waals surface area contributed by atoms with Crippen LogP contribution >= 0.6 is 27.3 Å². The van der Waals surface area contributed by atoms with Crippen molar-refractivity contribution in [3.63, 3.8) is 0 Å². The van der Waals surface area contributed by atoms with Crippen LogP contribution in [0.1, 0.15) is 29.4 Å². The van der Waals surface area contributed by atoms with Crippen molar-refractivity contribution in [2.45, 2.75) is 26.4 Å². The number of nitrogens with zero attached hydrogens (tertiary/aromatic N) is 1. The molecule has 0 radical (unpaired) electrons. The second-order valence-corrected chi connectivity index (χ2v) is 7.05. The Labute approximate surface area is 146 Å². The summed E-state index contributed by atoms with van der Waals surface area (Å²) in [6, 6.07) is 8.08. The summed E-state index contributed by atoms with van der Waals surface area (Å²) in [7, 11) is 0. The zero-order valence-corrected chi connectivity index (χ0v) is 15.0. The van der Waals surface area contributed by atoms with Gasteiger partial charge in [-0.2, -0.15) is 0 Å². The van der Waals surface area contributed by atoms with Crippen LogP contribution in [0, 0.1) is 5.82 Å². The molecule has 3 aromatic rings. The molecule has 0 aliphatic carbocycles. The van der Waals surface area contributed by atoms with Crippen LogP contribution < -0.4 is 5.32 Å². The average molecular weight is 395 g/mol. The smallest absolute Gasteiger partial charge is 0.268 e. The van der Waals surface area contributed by atoms with Gasteiger partial charge < -0.3 is 9.88 Å². The van der Waals surface area contributed by atoms with Crippen LogP contribution in [0.5, 0.6) is 0 Å². The Balaban J connectivity index is 1.82. The second-order valence-electron chi connectivity index (χ2n) is 5.29. The number of aromatic nitrogens is 1. The molecule has 0 atom stereocenters. The molecule has 2 heterocycles. The SMILES string of the molecule is CCCn1c(C(=O)NCc2ccc(F)cc2)cc2scc(Br)c21. The quantitative estimate of drug-likeness (QED) is 0.652. The molecular formula is C17H16BrFN2OS. The summed E-state index contributed by atoms with van der Waals surface area (Å²) in [6.07, 6.45) is 0.949. The average Bonchev–Trinajstić information content (AvgIpc) is 3.08. The van der Waals surface area contributed by atoms with Gasteiger partial charge in [0.05, 0.1) is 14.7 Å². The summed E-state index contributed by atoms with van der Waals surface area (Å²) in [5, 5.41) is 4.95. The van der Waals surface area contributed by atoms with E-state index in [0.717, 1.165) is 33.2 Å². The summed E-state index contributed by atoms with van der Waals surface area (Å²) in [6.45, 7) is 3.26. The molecule has 23 heavy (non-hydrogen) atoms. The van der Waals surface area contributed by atoms with Gasteiger partial charge in [0.15, 0.2) is 0 Å². The Morgan fingerprint density at radius 3 is 2.78 bits per heavy atom. The van der Waals surface area contributed by atoms with Gasteiger partial charge in [-0.1, -0.05) is 19.1 Å². The predicted molar refractivity (Wildman–Crippen MR) is 95.4 cm³/mol. The molecule has 0 saturated carbocycles. The van der Waals surface area contributed by atoms with Crippen molar-refractivity contribution >= 4 is 43.4 Å². The zero-order chi connectivity index (χ0) is 16.4. The third kappa shape index (κ3) is 3.33. The molecule has 0 aliphatic rings. The van der Waals surface area contributed by atoms with Gasteiger partial charge in [-0.3, -0.25) is 4.79 Å². The van der Waals surface area contributed by atoms with Crippen molar-refractivity contribution < 1.29 is 9.18 Å². The number of halogens is 2. The van der Waals surface area contributed by atoms with Crippen molar-refractivity contribution in [3.8, 4) is 0 Å². The van der Waals surface area contributed by atoms with Crippen LogP contribution in [0.2, 0.25) is 0 Å². The van der Waals surface area contributed by atoms with Crippen molar-refractivity contribution in [1.29, 1.82) is 0 Å². The number of rotatable bonds is 5. The molecule has 2 aromatic heterocycles. The Bertz CT molecular complexity index is 838. The number of carbonyl (C=O) groups is 1. The van der Waals surface area contributed by atoms with Crippen LogP contribution in [0.3, 0.4) is 0 Å². The standard InChI is InChI=1S/C17H16BrFN2OS/c1-2-7-21-14(8-15-16(21)13(18)10-23-15)17(22)20-9-11-3-5-12(19)6-4-11/h3-6,8,10H,2,7,9H2,1H3,(H,20,22). The molecule has 120 valence electrons. The molecule has 1 aromatic carbocycles. The Morgan fingerprint density at radius 1 is 1.35 bits per heavy atom. The summed E-state index contributed by atoms with van der Waals surface area (Å²) >= 11 is 5.17. The number of thiophene rings is 1. The minimum absolute atomic E-state index is 0.113. The lowest BCUT2D eigenvalue weighted by molar-refractivity contribution is 0.0942. The van der Waals surface area contributed by atoms with Crippen LogP contribution in [0.25, 0.3) is 10.2 Å². The lowest BCUT2D eigenvalue weighted by atomic mass is 10.2. The fourth-order valence-electron chi connectivity index (χ4n) is 2.55. The fourth-order valence-corrected chi connectivity index (χ4v) is 4.24. The van der Waals surface area contributed by atoms with Gasteiger partial charge >= 0.3 is 0 Å². The second kappa shape index (κ2) is 6.84. The van der Waals surface area contributed by atoms with E-state index >= 15 is 0 Å². The summed E-state index contributed by atoms with van der Waals surface area (Å²) in [4.78, 5) is 12.5. The largest absolute Gasteiger partial charge is 0.347 e. The molecule has 1 amide bonds. The Morgan fingerprint density at radius 2 is 2.09 bits per heavy atom. The van der Waals surface area contributed by atoms with E-state index < -0.39 is 0 Å². The number of amides is 1. The van der Waals surface area contributed by atoms with Crippen molar-refractivity contribution in [3.05, 3.63) is 57.3 Å². The first kappa shape index (κ1) is 16.2. The van der Waals surface area contributed by atoms with Gasteiger partial charge in [-0.25, -0.2) is 4.39 Å². The van der Waals surface area contributed by atoms with Gasteiger partial charge in [0.2, 0.25) is 0 Å². The predicted octanol–water partition coefficient (Wildman–Crippen LogP) is 4.94. The maximum Gasteiger partial charge on any atom is 0.268 e. The number of fused-ring (bicyclic) bond motifs is 1. The topological polar surface area (TPSA) is 34.0 Å². The minimum Gasteiger partial charge on any atom is -0.347 e. The Kier molecular flexibility index (Phi) is 4.82. The van der Waals surface area contributed by atoms with Gasteiger partial charge in [-0.15, -0.1) is 11.3 Å². The molecule has 3 rings (SSSR count). The van der Waals surface area contributed by atoms with E-state index in [4.69, 9.17) is 0 Å². The summed E-state index contributed by atoms with van der Waals surface area (Å²) in [5.74, 6) is -0.389. The van der Waals surface area contributed by atoms with Crippen molar-refractivity contribution in [2.75, 3.05) is 0 Å². The molecule has 0 unspecified atom stereocenters. The zero-order valence-electron chi connectivity index (χ0n) is 12.6. The van der Waals surface area contributed by atoms with E-state index in [2.05, 4.69) is 32.7 Å². The van der Waals surface area contributed by atoms with Gasteiger partial charge in [0.1, 0.15) is 11.5 Å². The highest BCUT2D eigenvalue weighted by Crippen LogP contribution is 2.33. The molecule has 0 fully saturated rings. The highest BCUT2D eigenvalue weighted by molar-refractivity contribution is 9.10. The number of hydrogen-bond acceptors (Lipinski definition) is 2. The first-order chi connectivity index (χ1) is 11.1. The normalized spacial score (nSPS) is 11.1. The lowest BCUT2D eigenvalue weighted by Crippen LogP contribution is -2.25. The highest BCUT2D eigenvalue weighted by Gasteiger charge is 2.18. The number of nitrogens with one attached hydrogen (secondary N) is 1. The van der Waals surface area contributed by atoms with Crippen LogP contribution in [-0.2, 0) is 13.1 Å². The van der Waals surface area contributed by atoms with E-state index in [1.165, 1.54) is 12.1 Å². The number of carbonyl (C=O) groups excluding carboxylic acids is 1.